The molecule has 0 radical (unpaired) electrons. The van der Waals surface area contributed by atoms with Crippen molar-refractivity contribution >= 4 is 11.7 Å². The second-order valence-corrected chi connectivity index (χ2v) is 3.36. The van der Waals surface area contributed by atoms with E-state index < -0.39 is 11.6 Å². The monoisotopic (exact) mass is 201 g/mol. The maximum absolute atomic E-state index is 10.5. The molecule has 0 aromatic heterocycles. The molecule has 0 bridgehead atoms. The van der Waals surface area contributed by atoms with Crippen LogP contribution < -0.4 is 0 Å². The molecule has 14 heavy (non-hydrogen) atoms. The summed E-state index contributed by atoms with van der Waals surface area (Å²) in [6.45, 7) is 1.05. The van der Waals surface area contributed by atoms with Gasteiger partial charge in [-0.2, -0.15) is 0 Å². The van der Waals surface area contributed by atoms with Gasteiger partial charge in [-0.05, 0) is 0 Å². The van der Waals surface area contributed by atoms with Crippen LogP contribution in [0.2, 0.25) is 0 Å². The molecule has 0 aliphatic carbocycles. The number of carboxylic acid groups (broad SMARTS) is 1. The minimum atomic E-state index is -0.988. The lowest BCUT2D eigenvalue weighted by molar-refractivity contribution is -0.136. The zero-order chi connectivity index (χ0) is 10.6. The number of ether oxygens (including phenoxy) is 2. The van der Waals surface area contributed by atoms with E-state index in [0.717, 1.165) is 0 Å². The quantitative estimate of drug-likeness (QED) is 0.655. The highest BCUT2D eigenvalue weighted by molar-refractivity contribution is 6.01. The zero-order valence-electron chi connectivity index (χ0n) is 8.21. The van der Waals surface area contributed by atoms with E-state index >= 15 is 0 Å². The first kappa shape index (κ1) is 11.1. The molecular formula is C9H15NO4. The lowest BCUT2D eigenvalue weighted by Crippen LogP contribution is -2.46. The molecule has 0 atom stereocenters. The lowest BCUT2D eigenvalue weighted by atomic mass is 9.87. The van der Waals surface area contributed by atoms with Crippen LogP contribution in [-0.2, 0) is 14.3 Å². The molecule has 5 heteroatoms. The Balaban J connectivity index is 2.67. The van der Waals surface area contributed by atoms with Gasteiger partial charge in [0.05, 0.1) is 12.1 Å². The topological polar surface area (TPSA) is 79.6 Å². The first-order chi connectivity index (χ1) is 6.60. The standard InChI is InChI=1S/C9H15NO4/c1-13-9(2-4-14-5-3-9)7(10)6-8(11)12/h10H,2-6H2,1H3,(H,11,12). The van der Waals surface area contributed by atoms with Crippen LogP contribution in [-0.4, -0.2) is 42.7 Å². The Morgan fingerprint density at radius 1 is 1.57 bits per heavy atom. The predicted octanol–water partition coefficient (Wildman–Crippen LogP) is 0.676. The van der Waals surface area contributed by atoms with Gasteiger partial charge in [0.15, 0.2) is 0 Å². The van der Waals surface area contributed by atoms with Crippen LogP contribution in [0.3, 0.4) is 0 Å². The van der Waals surface area contributed by atoms with Gasteiger partial charge in [-0.25, -0.2) is 0 Å². The molecule has 2 N–H and O–H groups in total. The summed E-state index contributed by atoms with van der Waals surface area (Å²) in [6.07, 6.45) is 0.874. The first-order valence-corrected chi connectivity index (χ1v) is 4.53. The summed E-state index contributed by atoms with van der Waals surface area (Å²) in [5.41, 5.74) is -0.577. The molecule has 1 rings (SSSR count). The van der Waals surface area contributed by atoms with Crippen LogP contribution in [0.15, 0.2) is 0 Å². The number of carbonyl (C=O) groups is 1. The molecule has 5 nitrogen and oxygen atoms in total. The third-order valence-electron chi connectivity index (χ3n) is 2.57. The minimum absolute atomic E-state index is 0.135. The van der Waals surface area contributed by atoms with E-state index in [9.17, 15) is 4.79 Å². The molecule has 1 aliphatic rings. The largest absolute Gasteiger partial charge is 0.481 e. The first-order valence-electron chi connectivity index (χ1n) is 4.53. The average molecular weight is 201 g/mol. The van der Waals surface area contributed by atoms with Crippen molar-refractivity contribution in [2.45, 2.75) is 24.9 Å². The van der Waals surface area contributed by atoms with Gasteiger partial charge < -0.3 is 20.0 Å². The van der Waals surface area contributed by atoms with Crippen molar-refractivity contribution in [3.63, 3.8) is 0 Å². The molecule has 0 spiro atoms. The number of aliphatic carboxylic acids is 1. The lowest BCUT2D eigenvalue weighted by Gasteiger charge is -2.35. The van der Waals surface area contributed by atoms with Gasteiger partial charge in [0.1, 0.15) is 5.60 Å². The molecule has 0 aromatic rings. The average Bonchev–Trinajstić information content (AvgIpc) is 2.18. The fourth-order valence-electron chi connectivity index (χ4n) is 1.64. The Hall–Kier alpha value is -0.940. The molecule has 1 saturated heterocycles. The SMILES string of the molecule is COC1(C(=N)CC(=O)O)CCOCC1. The van der Waals surface area contributed by atoms with E-state index in [1.807, 2.05) is 0 Å². The fourth-order valence-corrected chi connectivity index (χ4v) is 1.64. The van der Waals surface area contributed by atoms with E-state index in [2.05, 4.69) is 0 Å². The van der Waals surface area contributed by atoms with Crippen molar-refractivity contribution in [1.29, 1.82) is 5.41 Å². The molecular weight excluding hydrogens is 186 g/mol. The van der Waals surface area contributed by atoms with E-state index in [-0.39, 0.29) is 12.1 Å². The van der Waals surface area contributed by atoms with Crippen LogP contribution >= 0.6 is 0 Å². The van der Waals surface area contributed by atoms with Crippen molar-refractivity contribution in [2.75, 3.05) is 20.3 Å². The summed E-state index contributed by atoms with van der Waals surface area (Å²) < 4.78 is 10.4. The Morgan fingerprint density at radius 3 is 2.57 bits per heavy atom. The van der Waals surface area contributed by atoms with Crippen molar-refractivity contribution < 1.29 is 19.4 Å². The molecule has 1 aliphatic heterocycles. The van der Waals surface area contributed by atoms with Crippen molar-refractivity contribution in [2.24, 2.45) is 0 Å². The van der Waals surface area contributed by atoms with Crippen LogP contribution in [0.5, 0.6) is 0 Å². The number of methoxy groups -OCH3 is 1. The van der Waals surface area contributed by atoms with E-state index in [4.69, 9.17) is 20.0 Å². The summed E-state index contributed by atoms with van der Waals surface area (Å²) in [5.74, 6) is -0.988. The summed E-state index contributed by atoms with van der Waals surface area (Å²) in [6, 6.07) is 0. The van der Waals surface area contributed by atoms with Crippen LogP contribution in [0, 0.1) is 5.41 Å². The summed E-state index contributed by atoms with van der Waals surface area (Å²) in [5, 5.41) is 16.3. The smallest absolute Gasteiger partial charge is 0.309 e. The second kappa shape index (κ2) is 4.52. The highest BCUT2D eigenvalue weighted by atomic mass is 16.5. The van der Waals surface area contributed by atoms with Gasteiger partial charge in [-0.3, -0.25) is 4.79 Å². The van der Waals surface area contributed by atoms with Gasteiger partial charge >= 0.3 is 5.97 Å². The van der Waals surface area contributed by atoms with E-state index in [1.54, 1.807) is 0 Å². The Kier molecular flexibility index (Phi) is 3.60. The van der Waals surface area contributed by atoms with Crippen LogP contribution in [0.1, 0.15) is 19.3 Å². The molecule has 0 aromatic carbocycles. The third-order valence-corrected chi connectivity index (χ3v) is 2.57. The number of hydrogen-bond donors (Lipinski definition) is 2. The third kappa shape index (κ3) is 2.30. The number of rotatable bonds is 4. The summed E-state index contributed by atoms with van der Waals surface area (Å²) in [7, 11) is 1.52. The van der Waals surface area contributed by atoms with E-state index in [0.29, 0.717) is 26.1 Å². The maximum atomic E-state index is 10.5. The van der Waals surface area contributed by atoms with Crippen molar-refractivity contribution in [3.8, 4) is 0 Å². The molecule has 0 saturated carbocycles. The van der Waals surface area contributed by atoms with Crippen molar-refractivity contribution in [1.82, 2.24) is 0 Å². The Labute approximate surface area is 82.5 Å². The van der Waals surface area contributed by atoms with Crippen molar-refractivity contribution in [3.05, 3.63) is 0 Å². The molecule has 0 unspecified atom stereocenters. The second-order valence-electron chi connectivity index (χ2n) is 3.36. The zero-order valence-corrected chi connectivity index (χ0v) is 8.21. The van der Waals surface area contributed by atoms with Crippen LogP contribution in [0.25, 0.3) is 0 Å². The Morgan fingerprint density at radius 2 is 2.14 bits per heavy atom. The molecule has 0 amide bonds. The van der Waals surface area contributed by atoms with Gasteiger partial charge in [-0.15, -0.1) is 0 Å². The molecule has 1 heterocycles. The van der Waals surface area contributed by atoms with Gasteiger partial charge in [0.2, 0.25) is 0 Å². The van der Waals surface area contributed by atoms with Crippen LogP contribution in [0.4, 0.5) is 0 Å². The highest BCUT2D eigenvalue weighted by Crippen LogP contribution is 2.26. The number of carboxylic acids is 1. The number of nitrogens with one attached hydrogen (secondary N) is 1. The highest BCUT2D eigenvalue weighted by Gasteiger charge is 2.37. The summed E-state index contributed by atoms with van der Waals surface area (Å²) >= 11 is 0. The molecule has 1 fully saturated rings. The molecule has 80 valence electrons. The predicted molar refractivity (Wildman–Crippen MR) is 49.8 cm³/mol. The maximum Gasteiger partial charge on any atom is 0.309 e. The summed E-state index contributed by atoms with van der Waals surface area (Å²) in [4.78, 5) is 10.5. The van der Waals surface area contributed by atoms with Gasteiger partial charge in [0, 0.05) is 33.2 Å². The van der Waals surface area contributed by atoms with E-state index in [1.165, 1.54) is 7.11 Å². The number of hydrogen-bond acceptors (Lipinski definition) is 4. The van der Waals surface area contributed by atoms with Gasteiger partial charge in [0.25, 0.3) is 0 Å². The van der Waals surface area contributed by atoms with Gasteiger partial charge in [-0.1, -0.05) is 0 Å². The fraction of sp³-hybridized carbons (Fsp3) is 0.778. The Bertz CT molecular complexity index is 233. The minimum Gasteiger partial charge on any atom is -0.481 e. The normalized spacial score (nSPS) is 20.4.